The average Bonchev–Trinajstić information content (AvgIpc) is 2.77. The molecule has 1 aliphatic heterocycles. The first-order chi connectivity index (χ1) is 8.15. The Hall–Kier alpha value is -1.07. The predicted molar refractivity (Wildman–Crippen MR) is 69.9 cm³/mol. The van der Waals surface area contributed by atoms with E-state index in [-0.39, 0.29) is 12.0 Å². The van der Waals surface area contributed by atoms with Gasteiger partial charge in [-0.25, -0.2) is 0 Å². The highest BCUT2D eigenvalue weighted by atomic mass is 79.9. The van der Waals surface area contributed by atoms with Crippen LogP contribution in [0.25, 0.3) is 0 Å². The van der Waals surface area contributed by atoms with E-state index in [1.165, 1.54) is 0 Å². The fourth-order valence-electron chi connectivity index (χ4n) is 1.86. The van der Waals surface area contributed by atoms with Gasteiger partial charge in [0.15, 0.2) is 0 Å². The summed E-state index contributed by atoms with van der Waals surface area (Å²) in [6.07, 6.45) is 2.24. The van der Waals surface area contributed by atoms with Gasteiger partial charge in [-0.05, 0) is 31.0 Å². The van der Waals surface area contributed by atoms with Crippen LogP contribution in [0.5, 0.6) is 0 Å². The fourth-order valence-corrected chi connectivity index (χ4v) is 2.37. The number of nitrogen functional groups attached to an aromatic ring is 1. The van der Waals surface area contributed by atoms with Crippen LogP contribution in [0.2, 0.25) is 0 Å². The normalized spacial score (nSPS) is 19.2. The SMILES string of the molecule is Nc1cc(Br)cc(C(=O)NCC2CCCO2)c1. The van der Waals surface area contributed by atoms with Gasteiger partial charge in [0.05, 0.1) is 6.10 Å². The number of ether oxygens (including phenoxy) is 1. The van der Waals surface area contributed by atoms with Gasteiger partial charge in [0.1, 0.15) is 0 Å². The molecule has 0 radical (unpaired) electrons. The molecule has 0 bridgehead atoms. The number of rotatable bonds is 3. The molecule has 1 aliphatic rings. The van der Waals surface area contributed by atoms with Crippen LogP contribution in [0.1, 0.15) is 23.2 Å². The van der Waals surface area contributed by atoms with Crippen LogP contribution in [0.4, 0.5) is 5.69 Å². The Kier molecular flexibility index (Phi) is 4.02. The summed E-state index contributed by atoms with van der Waals surface area (Å²) >= 11 is 3.31. The number of nitrogens with two attached hydrogens (primary N) is 1. The molecule has 17 heavy (non-hydrogen) atoms. The number of nitrogens with one attached hydrogen (secondary N) is 1. The summed E-state index contributed by atoms with van der Waals surface area (Å²) in [7, 11) is 0. The van der Waals surface area contributed by atoms with E-state index in [0.29, 0.717) is 17.8 Å². The zero-order chi connectivity index (χ0) is 12.3. The number of hydrogen-bond acceptors (Lipinski definition) is 3. The van der Waals surface area contributed by atoms with Gasteiger partial charge in [-0.2, -0.15) is 0 Å². The van der Waals surface area contributed by atoms with E-state index in [4.69, 9.17) is 10.5 Å². The predicted octanol–water partition coefficient (Wildman–Crippen LogP) is 1.94. The molecule has 0 aliphatic carbocycles. The van der Waals surface area contributed by atoms with Crippen molar-refractivity contribution in [1.29, 1.82) is 0 Å². The molecular weight excluding hydrogens is 284 g/mol. The Morgan fingerprint density at radius 1 is 1.53 bits per heavy atom. The van der Waals surface area contributed by atoms with Crippen LogP contribution in [-0.4, -0.2) is 25.2 Å². The second-order valence-corrected chi connectivity index (χ2v) is 5.03. The van der Waals surface area contributed by atoms with Crippen LogP contribution in [0, 0.1) is 0 Å². The van der Waals surface area contributed by atoms with Crippen LogP contribution < -0.4 is 11.1 Å². The first-order valence-corrected chi connectivity index (χ1v) is 6.40. The quantitative estimate of drug-likeness (QED) is 0.838. The van der Waals surface area contributed by atoms with Crippen molar-refractivity contribution in [2.75, 3.05) is 18.9 Å². The molecule has 1 atom stereocenters. The molecule has 0 aromatic heterocycles. The van der Waals surface area contributed by atoms with E-state index in [1.807, 2.05) is 0 Å². The average molecular weight is 299 g/mol. The molecule has 1 heterocycles. The molecule has 0 saturated carbocycles. The van der Waals surface area contributed by atoms with Crippen molar-refractivity contribution in [1.82, 2.24) is 5.32 Å². The van der Waals surface area contributed by atoms with Gasteiger partial charge in [0.2, 0.25) is 0 Å². The van der Waals surface area contributed by atoms with E-state index in [0.717, 1.165) is 23.9 Å². The van der Waals surface area contributed by atoms with Crippen molar-refractivity contribution in [2.45, 2.75) is 18.9 Å². The second-order valence-electron chi connectivity index (χ2n) is 4.12. The summed E-state index contributed by atoms with van der Waals surface area (Å²) in [5, 5.41) is 2.86. The maximum Gasteiger partial charge on any atom is 0.251 e. The monoisotopic (exact) mass is 298 g/mol. The maximum atomic E-state index is 11.9. The summed E-state index contributed by atoms with van der Waals surface area (Å²) in [6, 6.07) is 5.17. The first kappa shape index (κ1) is 12.4. The highest BCUT2D eigenvalue weighted by Crippen LogP contribution is 2.17. The number of carbonyl (C=O) groups excluding carboxylic acids is 1. The molecule has 4 nitrogen and oxygen atoms in total. The summed E-state index contributed by atoms with van der Waals surface area (Å²) in [5.74, 6) is -0.117. The molecule has 1 saturated heterocycles. The molecule has 3 N–H and O–H groups in total. The van der Waals surface area contributed by atoms with Crippen molar-refractivity contribution in [3.8, 4) is 0 Å². The zero-order valence-corrected chi connectivity index (χ0v) is 11.0. The van der Waals surface area contributed by atoms with E-state index < -0.39 is 0 Å². The third-order valence-corrected chi connectivity index (χ3v) is 3.15. The topological polar surface area (TPSA) is 64.4 Å². The van der Waals surface area contributed by atoms with Gasteiger partial charge >= 0.3 is 0 Å². The third kappa shape index (κ3) is 3.44. The van der Waals surface area contributed by atoms with Gasteiger partial charge in [-0.15, -0.1) is 0 Å². The minimum Gasteiger partial charge on any atom is -0.399 e. The molecule has 1 aromatic carbocycles. The fraction of sp³-hybridized carbons (Fsp3) is 0.417. The lowest BCUT2D eigenvalue weighted by Gasteiger charge is -2.11. The third-order valence-electron chi connectivity index (χ3n) is 2.70. The number of anilines is 1. The number of hydrogen-bond donors (Lipinski definition) is 2. The molecule has 5 heteroatoms. The van der Waals surface area contributed by atoms with Crippen molar-refractivity contribution < 1.29 is 9.53 Å². The maximum absolute atomic E-state index is 11.9. The zero-order valence-electron chi connectivity index (χ0n) is 9.41. The van der Waals surface area contributed by atoms with Crippen molar-refractivity contribution in [2.24, 2.45) is 0 Å². The van der Waals surface area contributed by atoms with Gasteiger partial charge < -0.3 is 15.8 Å². The molecule has 92 valence electrons. The Balaban J connectivity index is 1.94. The lowest BCUT2D eigenvalue weighted by molar-refractivity contribution is 0.0858. The second kappa shape index (κ2) is 5.51. The Morgan fingerprint density at radius 3 is 3.00 bits per heavy atom. The standard InChI is InChI=1S/C12H15BrN2O2/c13-9-4-8(5-10(14)6-9)12(16)15-7-11-2-1-3-17-11/h4-6,11H,1-3,7,14H2,(H,15,16). The van der Waals surface area contributed by atoms with Crippen LogP contribution in [0.15, 0.2) is 22.7 Å². The van der Waals surface area contributed by atoms with Crippen molar-refractivity contribution >= 4 is 27.5 Å². The summed E-state index contributed by atoms with van der Waals surface area (Å²) in [4.78, 5) is 11.9. The summed E-state index contributed by atoms with van der Waals surface area (Å²) in [5.41, 5.74) is 6.82. The smallest absolute Gasteiger partial charge is 0.251 e. The summed E-state index contributed by atoms with van der Waals surface area (Å²) < 4.78 is 6.24. The largest absolute Gasteiger partial charge is 0.399 e. The number of benzene rings is 1. The minimum absolute atomic E-state index is 0.117. The molecule has 0 spiro atoms. The first-order valence-electron chi connectivity index (χ1n) is 5.61. The number of carbonyl (C=O) groups is 1. The Bertz CT molecular complexity index is 397. The highest BCUT2D eigenvalue weighted by Gasteiger charge is 2.16. The minimum atomic E-state index is -0.117. The van der Waals surface area contributed by atoms with E-state index in [9.17, 15) is 4.79 Å². The van der Waals surface area contributed by atoms with E-state index in [2.05, 4.69) is 21.2 Å². The van der Waals surface area contributed by atoms with Gasteiger partial charge in [-0.1, -0.05) is 15.9 Å². The molecule has 1 aromatic rings. The molecule has 1 unspecified atom stereocenters. The van der Waals surface area contributed by atoms with E-state index in [1.54, 1.807) is 18.2 Å². The Morgan fingerprint density at radius 2 is 2.35 bits per heavy atom. The Labute approximate surface area is 109 Å². The number of amides is 1. The van der Waals surface area contributed by atoms with Crippen LogP contribution >= 0.6 is 15.9 Å². The number of halogens is 1. The van der Waals surface area contributed by atoms with Gasteiger partial charge in [-0.3, -0.25) is 4.79 Å². The molecule has 1 amide bonds. The van der Waals surface area contributed by atoms with Crippen LogP contribution in [-0.2, 0) is 4.74 Å². The molecule has 2 rings (SSSR count). The molecule has 1 fully saturated rings. The molecular formula is C12H15BrN2O2. The van der Waals surface area contributed by atoms with Gasteiger partial charge in [0.25, 0.3) is 5.91 Å². The van der Waals surface area contributed by atoms with E-state index >= 15 is 0 Å². The summed E-state index contributed by atoms with van der Waals surface area (Å²) in [6.45, 7) is 1.36. The van der Waals surface area contributed by atoms with Crippen molar-refractivity contribution in [3.63, 3.8) is 0 Å². The lowest BCUT2D eigenvalue weighted by Crippen LogP contribution is -2.31. The van der Waals surface area contributed by atoms with Crippen LogP contribution in [0.3, 0.4) is 0 Å². The van der Waals surface area contributed by atoms with Crippen molar-refractivity contribution in [3.05, 3.63) is 28.2 Å². The lowest BCUT2D eigenvalue weighted by atomic mass is 10.2. The van der Waals surface area contributed by atoms with Gasteiger partial charge in [0, 0.05) is 28.9 Å². The highest BCUT2D eigenvalue weighted by molar-refractivity contribution is 9.10.